The standard InChI is InChI=1S/C54H34/c1-2-6-42-31-43(20-11-33(42)5-1)50-32-44(47-27-22-41-19-17-37-8-4-10-39-24-30-49(47)54(41)52(37)39)25-28-46(50)35-14-12-34(13-15-35)45-26-21-40-18-16-36-7-3-9-38-23-29-48(45)53(40)51(36)38/h1-32,49,54H/i3D,4D,7D,8D,9D,10D,16D,17D,18D,19D,21D,22D,23D,24D,26D,27D,29D,30D. The molecule has 9 aromatic carbocycles. The van der Waals surface area contributed by atoms with Gasteiger partial charge in [-0.1, -0.05) is 182 Å². The predicted octanol–water partition coefficient (Wildman–Crippen LogP) is 14.5. The van der Waals surface area contributed by atoms with Crippen LogP contribution in [0.2, 0.25) is 0 Å². The zero-order valence-electron chi connectivity index (χ0n) is 46.2. The molecule has 0 N–H and O–H groups in total. The van der Waals surface area contributed by atoms with E-state index in [0.29, 0.717) is 27.8 Å². The maximum Gasteiger partial charge on any atom is 0.0630 e. The Morgan fingerprint density at radius 2 is 1.13 bits per heavy atom. The van der Waals surface area contributed by atoms with E-state index >= 15 is 0 Å². The molecule has 2 unspecified atom stereocenters. The summed E-state index contributed by atoms with van der Waals surface area (Å²) in [5.41, 5.74) is 3.89. The molecular formula is C54H34. The van der Waals surface area contributed by atoms with Crippen LogP contribution >= 0.6 is 0 Å². The van der Waals surface area contributed by atoms with Crippen LogP contribution < -0.4 is 0 Å². The molecule has 250 valence electrons. The Labute approximate surface area is 340 Å². The van der Waals surface area contributed by atoms with Gasteiger partial charge in [0.15, 0.2) is 0 Å². The second-order valence-electron chi connectivity index (χ2n) is 13.7. The molecule has 3 aliphatic carbocycles. The third-order valence-electron chi connectivity index (χ3n) is 10.9. The Morgan fingerprint density at radius 1 is 0.444 bits per heavy atom. The van der Waals surface area contributed by atoms with E-state index in [2.05, 4.69) is 0 Å². The van der Waals surface area contributed by atoms with Crippen LogP contribution in [0.15, 0.2) is 187 Å². The highest BCUT2D eigenvalue weighted by Gasteiger charge is 2.36. The first kappa shape index (κ1) is 17.4. The van der Waals surface area contributed by atoms with Crippen molar-refractivity contribution < 1.29 is 24.7 Å². The first-order valence-electron chi connectivity index (χ1n) is 26.6. The van der Waals surface area contributed by atoms with Crippen molar-refractivity contribution in [2.45, 2.75) is 5.92 Å². The Balaban J connectivity index is 1.08. The largest absolute Gasteiger partial charge is 0.0754 e. The lowest BCUT2D eigenvalue weighted by Crippen LogP contribution is -2.23. The molecule has 54 heavy (non-hydrogen) atoms. The van der Waals surface area contributed by atoms with Gasteiger partial charge in [-0.15, -0.1) is 0 Å². The molecule has 0 nitrogen and oxygen atoms in total. The number of hydrogen-bond donors (Lipinski definition) is 0. The molecule has 0 fully saturated rings. The maximum atomic E-state index is 9.51. The minimum atomic E-state index is -1.12. The topological polar surface area (TPSA) is 0 Å². The molecule has 3 aliphatic rings. The van der Waals surface area contributed by atoms with Crippen molar-refractivity contribution >= 4 is 60.8 Å². The van der Waals surface area contributed by atoms with E-state index in [1.165, 1.54) is 0 Å². The van der Waals surface area contributed by atoms with Gasteiger partial charge in [0, 0.05) is 11.8 Å². The van der Waals surface area contributed by atoms with Crippen molar-refractivity contribution in [3.8, 4) is 33.4 Å². The van der Waals surface area contributed by atoms with E-state index in [4.69, 9.17) is 15.1 Å². The number of allylic oxidation sites excluding steroid dienone is 6. The monoisotopic (exact) mass is 700 g/mol. The summed E-state index contributed by atoms with van der Waals surface area (Å²) < 4.78 is 162. The van der Waals surface area contributed by atoms with Gasteiger partial charge in [-0.05, 0) is 122 Å². The van der Waals surface area contributed by atoms with E-state index in [9.17, 15) is 9.60 Å². The fraction of sp³-hybridized carbons (Fsp3) is 0.0370. The SMILES string of the molecule is [2H]C1=C([2H])c2c([2H])c([2H])c([2H])c3c2C2C1=C([2H])C([2H])=C(c1ccc(-c4ccc(-c5c([2H])c([2H])c6c([2H])c([2H])c7c([2H])c([2H])c([2H])c8c([2H])c([2H])c5c6c78)cc4)c(-c4ccc5ccccc5c4)c1)C2C([2H])=C3[2H]. The molecule has 12 rings (SSSR count). The molecule has 0 heterocycles. The van der Waals surface area contributed by atoms with Crippen molar-refractivity contribution in [2.75, 3.05) is 0 Å². The van der Waals surface area contributed by atoms with E-state index in [0.717, 1.165) is 16.3 Å². The van der Waals surface area contributed by atoms with Crippen LogP contribution in [0.3, 0.4) is 0 Å². The molecule has 0 amide bonds. The number of benzene rings is 9. The molecule has 0 saturated carbocycles. The lowest BCUT2D eigenvalue weighted by atomic mass is 9.65. The van der Waals surface area contributed by atoms with Gasteiger partial charge in [-0.2, -0.15) is 0 Å². The van der Waals surface area contributed by atoms with Crippen LogP contribution in [0.25, 0.3) is 94.1 Å². The van der Waals surface area contributed by atoms with Gasteiger partial charge in [-0.25, -0.2) is 0 Å². The Kier molecular flexibility index (Phi) is 3.66. The molecule has 0 bridgehead atoms. The van der Waals surface area contributed by atoms with Crippen LogP contribution in [0.5, 0.6) is 0 Å². The highest BCUT2D eigenvalue weighted by molar-refractivity contribution is 6.25. The van der Waals surface area contributed by atoms with Crippen LogP contribution in [-0.4, -0.2) is 0 Å². The van der Waals surface area contributed by atoms with E-state index in [1.807, 2.05) is 54.6 Å². The molecule has 0 radical (unpaired) electrons. The summed E-state index contributed by atoms with van der Waals surface area (Å²) in [5.74, 6) is -2.18. The smallest absolute Gasteiger partial charge is 0.0630 e. The lowest BCUT2D eigenvalue weighted by Gasteiger charge is -2.38. The molecule has 0 aromatic heterocycles. The quantitative estimate of drug-likeness (QED) is 0.160. The van der Waals surface area contributed by atoms with Gasteiger partial charge in [0.05, 0.1) is 24.7 Å². The highest BCUT2D eigenvalue weighted by Crippen LogP contribution is 2.52. The predicted molar refractivity (Wildman–Crippen MR) is 231 cm³/mol. The second-order valence-corrected chi connectivity index (χ2v) is 13.7. The normalized spacial score (nSPS) is 22.7. The summed E-state index contributed by atoms with van der Waals surface area (Å²) in [4.78, 5) is 0. The average molecular weight is 701 g/mol. The van der Waals surface area contributed by atoms with Crippen LogP contribution in [0.4, 0.5) is 0 Å². The van der Waals surface area contributed by atoms with Gasteiger partial charge in [0.2, 0.25) is 0 Å². The molecule has 2 atom stereocenters. The minimum Gasteiger partial charge on any atom is -0.0754 e. The minimum absolute atomic E-state index is 0.00664. The fourth-order valence-corrected chi connectivity index (χ4v) is 8.31. The zero-order chi connectivity index (χ0) is 51.0. The van der Waals surface area contributed by atoms with Crippen LogP contribution in [0.1, 0.15) is 52.8 Å². The zero-order valence-corrected chi connectivity index (χ0v) is 28.2. The van der Waals surface area contributed by atoms with Gasteiger partial charge in [0.1, 0.15) is 0 Å². The van der Waals surface area contributed by atoms with Crippen molar-refractivity contribution in [2.24, 2.45) is 5.92 Å². The van der Waals surface area contributed by atoms with Crippen molar-refractivity contribution in [3.05, 3.63) is 209 Å². The Hall–Kier alpha value is -6.76. The lowest BCUT2D eigenvalue weighted by molar-refractivity contribution is 0.681. The van der Waals surface area contributed by atoms with E-state index in [1.54, 1.807) is 30.3 Å². The molecule has 0 aliphatic heterocycles. The Bertz CT molecular complexity index is 4160. The van der Waals surface area contributed by atoms with Crippen molar-refractivity contribution in [1.82, 2.24) is 0 Å². The first-order chi connectivity index (χ1) is 34.3. The molecule has 0 heteroatoms. The summed E-state index contributed by atoms with van der Waals surface area (Å²) >= 11 is 0. The summed E-state index contributed by atoms with van der Waals surface area (Å²) in [6, 6.07) is 18.5. The van der Waals surface area contributed by atoms with Crippen LogP contribution in [-0.2, 0) is 0 Å². The molecular weight excluding hydrogens is 649 g/mol. The highest BCUT2D eigenvalue weighted by atomic mass is 14.4. The van der Waals surface area contributed by atoms with E-state index in [-0.39, 0.29) is 89.9 Å². The van der Waals surface area contributed by atoms with Crippen molar-refractivity contribution in [1.29, 1.82) is 0 Å². The third kappa shape index (κ3) is 4.38. The average Bonchev–Trinajstić information content (AvgIpc) is 3.37. The first-order valence-corrected chi connectivity index (χ1v) is 17.6. The Morgan fingerprint density at radius 3 is 1.98 bits per heavy atom. The van der Waals surface area contributed by atoms with Crippen molar-refractivity contribution in [3.63, 3.8) is 0 Å². The van der Waals surface area contributed by atoms with Gasteiger partial charge in [-0.3, -0.25) is 0 Å². The number of rotatable bonds is 4. The number of hydrogen-bond acceptors (Lipinski definition) is 0. The summed E-state index contributed by atoms with van der Waals surface area (Å²) in [5, 5.41) is 1.71. The van der Waals surface area contributed by atoms with Crippen LogP contribution in [0, 0.1) is 5.92 Å². The van der Waals surface area contributed by atoms with Gasteiger partial charge in [0.25, 0.3) is 0 Å². The summed E-state index contributed by atoms with van der Waals surface area (Å²) in [6.07, 6.45) is 0. The fourth-order valence-electron chi connectivity index (χ4n) is 8.31. The second kappa shape index (κ2) is 11.4. The maximum absolute atomic E-state index is 9.51. The van der Waals surface area contributed by atoms with Gasteiger partial charge >= 0.3 is 0 Å². The molecule has 9 aromatic rings. The molecule has 0 saturated heterocycles. The molecule has 0 spiro atoms. The van der Waals surface area contributed by atoms with E-state index < -0.39 is 96.5 Å². The third-order valence-corrected chi connectivity index (χ3v) is 10.9. The number of fused-ring (bicyclic) bond motifs is 1. The summed E-state index contributed by atoms with van der Waals surface area (Å²) in [7, 11) is 0. The summed E-state index contributed by atoms with van der Waals surface area (Å²) in [6.45, 7) is 0. The van der Waals surface area contributed by atoms with Gasteiger partial charge < -0.3 is 0 Å².